The summed E-state index contributed by atoms with van der Waals surface area (Å²) in [6, 6.07) is -0.0916. The molecule has 0 saturated heterocycles. The molecular formula is C8H20N2O4S. The summed E-state index contributed by atoms with van der Waals surface area (Å²) in [5.74, 6) is 0. The van der Waals surface area contributed by atoms with Gasteiger partial charge in [0.15, 0.2) is 6.29 Å². The average Bonchev–Trinajstić information content (AvgIpc) is 2.18. The predicted octanol–water partition coefficient (Wildman–Crippen LogP) is -0.220. The van der Waals surface area contributed by atoms with Crippen LogP contribution in [0.25, 0.3) is 0 Å². The van der Waals surface area contributed by atoms with Crippen molar-refractivity contribution in [3.63, 3.8) is 0 Å². The number of rotatable bonds is 7. The summed E-state index contributed by atoms with van der Waals surface area (Å²) in [5, 5.41) is 0. The Morgan fingerprint density at radius 1 is 1.27 bits per heavy atom. The molecule has 6 nitrogen and oxygen atoms in total. The SMILES string of the molecule is COC(CNS(=O)(=O)N(C)C(C)C)OC. The first-order chi connectivity index (χ1) is 6.85. The van der Waals surface area contributed by atoms with Crippen molar-refractivity contribution in [1.29, 1.82) is 0 Å². The van der Waals surface area contributed by atoms with Crippen molar-refractivity contribution in [1.82, 2.24) is 9.03 Å². The number of hydrogen-bond donors (Lipinski definition) is 1. The summed E-state index contributed by atoms with van der Waals surface area (Å²) < 4.78 is 36.6. The summed E-state index contributed by atoms with van der Waals surface area (Å²) in [4.78, 5) is 0. The maximum absolute atomic E-state index is 11.6. The quantitative estimate of drug-likeness (QED) is 0.625. The second kappa shape index (κ2) is 6.39. The van der Waals surface area contributed by atoms with E-state index in [9.17, 15) is 8.42 Å². The highest BCUT2D eigenvalue weighted by Gasteiger charge is 2.21. The number of nitrogens with zero attached hydrogens (tertiary/aromatic N) is 1. The van der Waals surface area contributed by atoms with Crippen LogP contribution in [-0.4, -0.2) is 52.9 Å². The molecule has 0 aromatic rings. The Kier molecular flexibility index (Phi) is 6.30. The first-order valence-corrected chi connectivity index (χ1v) is 6.07. The van der Waals surface area contributed by atoms with Gasteiger partial charge in [-0.25, -0.2) is 0 Å². The Hall–Kier alpha value is -0.210. The highest BCUT2D eigenvalue weighted by atomic mass is 32.2. The molecule has 0 aliphatic rings. The fourth-order valence-electron chi connectivity index (χ4n) is 0.816. The Labute approximate surface area is 91.7 Å². The Balaban J connectivity index is 4.27. The summed E-state index contributed by atoms with van der Waals surface area (Å²) in [6.45, 7) is 3.68. The van der Waals surface area contributed by atoms with Crippen LogP contribution in [0.2, 0.25) is 0 Å². The molecule has 0 amide bonds. The molecule has 0 unspecified atom stereocenters. The van der Waals surface area contributed by atoms with Crippen LogP contribution >= 0.6 is 0 Å². The summed E-state index contributed by atoms with van der Waals surface area (Å²) in [5.41, 5.74) is 0. The molecule has 0 saturated carbocycles. The van der Waals surface area contributed by atoms with E-state index in [-0.39, 0.29) is 12.6 Å². The molecule has 0 bridgehead atoms. The molecule has 7 heteroatoms. The molecule has 0 aliphatic heterocycles. The minimum Gasteiger partial charge on any atom is -0.355 e. The molecule has 92 valence electrons. The molecule has 0 aromatic heterocycles. The highest BCUT2D eigenvalue weighted by molar-refractivity contribution is 7.87. The van der Waals surface area contributed by atoms with E-state index in [0.29, 0.717) is 0 Å². The second-order valence-corrected chi connectivity index (χ2v) is 5.18. The maximum Gasteiger partial charge on any atom is 0.279 e. The third-order valence-corrected chi connectivity index (χ3v) is 3.78. The van der Waals surface area contributed by atoms with E-state index in [2.05, 4.69) is 4.72 Å². The maximum atomic E-state index is 11.6. The van der Waals surface area contributed by atoms with Gasteiger partial charge in [-0.15, -0.1) is 0 Å². The first-order valence-electron chi connectivity index (χ1n) is 4.63. The standard InChI is InChI=1S/C8H20N2O4S/c1-7(2)10(3)15(11,12)9-6-8(13-4)14-5/h7-9H,6H2,1-5H3. The molecule has 0 radical (unpaired) electrons. The van der Waals surface area contributed by atoms with E-state index in [1.807, 2.05) is 0 Å². The fraction of sp³-hybridized carbons (Fsp3) is 1.00. The molecule has 0 heterocycles. The second-order valence-electron chi connectivity index (χ2n) is 3.36. The monoisotopic (exact) mass is 240 g/mol. The van der Waals surface area contributed by atoms with Crippen LogP contribution in [0.1, 0.15) is 13.8 Å². The topological polar surface area (TPSA) is 67.9 Å². The molecular weight excluding hydrogens is 220 g/mol. The lowest BCUT2D eigenvalue weighted by Crippen LogP contribution is -2.44. The van der Waals surface area contributed by atoms with Gasteiger partial charge < -0.3 is 9.47 Å². The number of methoxy groups -OCH3 is 2. The minimum atomic E-state index is -3.45. The predicted molar refractivity (Wildman–Crippen MR) is 57.6 cm³/mol. The van der Waals surface area contributed by atoms with Gasteiger partial charge in [-0.2, -0.15) is 17.4 Å². The van der Waals surface area contributed by atoms with Gasteiger partial charge in [0.2, 0.25) is 0 Å². The smallest absolute Gasteiger partial charge is 0.279 e. The van der Waals surface area contributed by atoms with Crippen molar-refractivity contribution < 1.29 is 17.9 Å². The van der Waals surface area contributed by atoms with E-state index in [4.69, 9.17) is 9.47 Å². The molecule has 0 fully saturated rings. The van der Waals surface area contributed by atoms with Crippen LogP contribution < -0.4 is 4.72 Å². The van der Waals surface area contributed by atoms with Gasteiger partial charge in [0, 0.05) is 27.3 Å². The average molecular weight is 240 g/mol. The van der Waals surface area contributed by atoms with Gasteiger partial charge in [0.1, 0.15) is 0 Å². The zero-order chi connectivity index (χ0) is 12.1. The summed E-state index contributed by atoms with van der Waals surface area (Å²) in [6.07, 6.45) is -0.569. The molecule has 0 spiro atoms. The molecule has 1 N–H and O–H groups in total. The largest absolute Gasteiger partial charge is 0.355 e. The number of nitrogens with one attached hydrogen (secondary N) is 1. The van der Waals surface area contributed by atoms with Crippen LogP contribution in [0, 0.1) is 0 Å². The third-order valence-electron chi connectivity index (χ3n) is 2.06. The van der Waals surface area contributed by atoms with Gasteiger partial charge in [0.05, 0.1) is 6.54 Å². The van der Waals surface area contributed by atoms with Crippen LogP contribution in [-0.2, 0) is 19.7 Å². The van der Waals surface area contributed by atoms with Gasteiger partial charge in [-0.3, -0.25) is 0 Å². The Bertz CT molecular complexity index is 262. The van der Waals surface area contributed by atoms with Crippen LogP contribution in [0.3, 0.4) is 0 Å². The number of ether oxygens (including phenoxy) is 2. The van der Waals surface area contributed by atoms with Gasteiger partial charge in [-0.05, 0) is 13.8 Å². The summed E-state index contributed by atoms with van der Waals surface area (Å²) in [7, 11) is 0.970. The highest BCUT2D eigenvalue weighted by Crippen LogP contribution is 2.01. The van der Waals surface area contributed by atoms with Crippen molar-refractivity contribution in [3.05, 3.63) is 0 Å². The fourth-order valence-corrected chi connectivity index (χ4v) is 1.92. The zero-order valence-corrected chi connectivity index (χ0v) is 10.7. The van der Waals surface area contributed by atoms with Crippen molar-refractivity contribution in [2.45, 2.75) is 26.2 Å². The van der Waals surface area contributed by atoms with Crippen LogP contribution in [0.5, 0.6) is 0 Å². The molecule has 0 aliphatic carbocycles. The normalized spacial score (nSPS) is 13.1. The van der Waals surface area contributed by atoms with E-state index in [0.717, 1.165) is 0 Å². The van der Waals surface area contributed by atoms with Crippen molar-refractivity contribution in [2.24, 2.45) is 0 Å². The van der Waals surface area contributed by atoms with Crippen molar-refractivity contribution in [3.8, 4) is 0 Å². The lowest BCUT2D eigenvalue weighted by Gasteiger charge is -2.22. The lowest BCUT2D eigenvalue weighted by atomic mass is 10.4. The minimum absolute atomic E-state index is 0.0897. The van der Waals surface area contributed by atoms with Crippen molar-refractivity contribution in [2.75, 3.05) is 27.8 Å². The summed E-state index contributed by atoms with van der Waals surface area (Å²) >= 11 is 0. The Morgan fingerprint density at radius 3 is 2.07 bits per heavy atom. The van der Waals surface area contributed by atoms with E-state index >= 15 is 0 Å². The van der Waals surface area contributed by atoms with Crippen LogP contribution in [0.15, 0.2) is 0 Å². The zero-order valence-electron chi connectivity index (χ0n) is 9.85. The molecule has 0 rings (SSSR count). The lowest BCUT2D eigenvalue weighted by molar-refractivity contribution is -0.0962. The third kappa shape index (κ3) is 4.89. The van der Waals surface area contributed by atoms with Gasteiger partial charge >= 0.3 is 0 Å². The Morgan fingerprint density at radius 2 is 1.73 bits per heavy atom. The van der Waals surface area contributed by atoms with Gasteiger partial charge in [-0.1, -0.05) is 0 Å². The van der Waals surface area contributed by atoms with Crippen molar-refractivity contribution >= 4 is 10.2 Å². The van der Waals surface area contributed by atoms with E-state index in [1.165, 1.54) is 25.6 Å². The molecule has 0 atom stereocenters. The van der Waals surface area contributed by atoms with E-state index in [1.54, 1.807) is 13.8 Å². The number of hydrogen-bond acceptors (Lipinski definition) is 4. The van der Waals surface area contributed by atoms with E-state index < -0.39 is 16.5 Å². The van der Waals surface area contributed by atoms with Crippen LogP contribution in [0.4, 0.5) is 0 Å². The van der Waals surface area contributed by atoms with Gasteiger partial charge in [0.25, 0.3) is 10.2 Å². The molecule has 0 aromatic carbocycles. The molecule has 15 heavy (non-hydrogen) atoms. The first kappa shape index (κ1) is 14.8.